The summed E-state index contributed by atoms with van der Waals surface area (Å²) in [4.78, 5) is 17.2. The molecule has 2 saturated heterocycles. The summed E-state index contributed by atoms with van der Waals surface area (Å²) in [5.74, 6) is -1.52. The van der Waals surface area contributed by atoms with Crippen molar-refractivity contribution >= 4 is 5.91 Å². The van der Waals surface area contributed by atoms with E-state index in [0.29, 0.717) is 24.7 Å². The van der Waals surface area contributed by atoms with Crippen LogP contribution >= 0.6 is 0 Å². The molecule has 3 rings (SSSR count). The van der Waals surface area contributed by atoms with Crippen LogP contribution in [0.2, 0.25) is 0 Å². The third-order valence-corrected chi connectivity index (χ3v) is 5.30. The molecule has 3 nitrogen and oxygen atoms in total. The van der Waals surface area contributed by atoms with E-state index in [1.807, 2.05) is 4.90 Å². The monoisotopic (exact) mass is 322 g/mol. The molecule has 2 fully saturated rings. The Morgan fingerprint density at radius 1 is 1.17 bits per heavy atom. The second kappa shape index (κ2) is 6.19. The topological polar surface area (TPSA) is 23.6 Å². The van der Waals surface area contributed by atoms with Gasteiger partial charge < -0.3 is 4.90 Å². The van der Waals surface area contributed by atoms with Gasteiger partial charge in [0.2, 0.25) is 5.91 Å². The first-order valence-electron chi connectivity index (χ1n) is 8.39. The molecule has 1 aromatic rings. The van der Waals surface area contributed by atoms with Crippen molar-refractivity contribution in [2.75, 3.05) is 19.6 Å². The van der Waals surface area contributed by atoms with Crippen molar-refractivity contribution in [2.45, 2.75) is 45.7 Å². The van der Waals surface area contributed by atoms with Gasteiger partial charge in [-0.1, -0.05) is 6.07 Å². The zero-order chi connectivity index (χ0) is 16.6. The van der Waals surface area contributed by atoms with Gasteiger partial charge in [0, 0.05) is 25.7 Å². The van der Waals surface area contributed by atoms with Crippen molar-refractivity contribution in [2.24, 2.45) is 5.41 Å². The normalized spacial score (nSPS) is 25.8. The standard InChI is InChI=1S/C18H24F2N2O/c1-13(2)22-9-7-18(12-22)6-3-8-21(17(18)23)11-14-4-5-15(19)16(20)10-14/h4-5,10,13H,3,6-9,11-12H2,1-2H3. The van der Waals surface area contributed by atoms with Crippen LogP contribution in [0.15, 0.2) is 18.2 Å². The third kappa shape index (κ3) is 3.11. The van der Waals surface area contributed by atoms with Crippen molar-refractivity contribution in [3.8, 4) is 0 Å². The summed E-state index contributed by atoms with van der Waals surface area (Å²) in [6, 6.07) is 4.33. The molecule has 126 valence electrons. The summed E-state index contributed by atoms with van der Waals surface area (Å²) < 4.78 is 26.4. The lowest BCUT2D eigenvalue weighted by atomic mass is 9.78. The number of amides is 1. The fourth-order valence-corrected chi connectivity index (χ4v) is 3.89. The number of hydrogen-bond acceptors (Lipinski definition) is 2. The Morgan fingerprint density at radius 3 is 2.61 bits per heavy atom. The van der Waals surface area contributed by atoms with Gasteiger partial charge in [-0.25, -0.2) is 8.78 Å². The van der Waals surface area contributed by atoms with E-state index in [4.69, 9.17) is 0 Å². The SMILES string of the molecule is CC(C)N1CCC2(CCCN(Cc3ccc(F)c(F)c3)C2=O)C1. The lowest BCUT2D eigenvalue weighted by Crippen LogP contribution is -2.50. The molecule has 23 heavy (non-hydrogen) atoms. The smallest absolute Gasteiger partial charge is 0.230 e. The lowest BCUT2D eigenvalue weighted by molar-refractivity contribution is -0.146. The van der Waals surface area contributed by atoms with E-state index >= 15 is 0 Å². The van der Waals surface area contributed by atoms with Crippen LogP contribution in [-0.4, -0.2) is 41.4 Å². The highest BCUT2D eigenvalue weighted by molar-refractivity contribution is 5.84. The summed E-state index contributed by atoms with van der Waals surface area (Å²) in [6.45, 7) is 7.15. The van der Waals surface area contributed by atoms with E-state index in [0.717, 1.165) is 38.4 Å². The van der Waals surface area contributed by atoms with Crippen LogP contribution in [0.1, 0.15) is 38.7 Å². The van der Waals surface area contributed by atoms with E-state index < -0.39 is 11.6 Å². The number of carbonyl (C=O) groups is 1. The van der Waals surface area contributed by atoms with Crippen molar-refractivity contribution in [1.82, 2.24) is 9.80 Å². The van der Waals surface area contributed by atoms with E-state index in [1.165, 1.54) is 6.07 Å². The van der Waals surface area contributed by atoms with Gasteiger partial charge in [0.25, 0.3) is 0 Å². The van der Waals surface area contributed by atoms with Crippen LogP contribution in [0.25, 0.3) is 0 Å². The maximum Gasteiger partial charge on any atom is 0.230 e. The van der Waals surface area contributed by atoms with Gasteiger partial charge in [-0.05, 0) is 57.4 Å². The molecule has 1 amide bonds. The maximum atomic E-state index is 13.4. The van der Waals surface area contributed by atoms with Gasteiger partial charge in [-0.2, -0.15) is 0 Å². The Hall–Kier alpha value is -1.49. The summed E-state index contributed by atoms with van der Waals surface area (Å²) >= 11 is 0. The molecule has 2 aliphatic heterocycles. The average molecular weight is 322 g/mol. The number of carbonyl (C=O) groups excluding carboxylic acids is 1. The Labute approximate surface area is 136 Å². The highest BCUT2D eigenvalue weighted by Gasteiger charge is 2.48. The van der Waals surface area contributed by atoms with Crippen molar-refractivity contribution in [3.05, 3.63) is 35.4 Å². The Balaban J connectivity index is 1.74. The van der Waals surface area contributed by atoms with Crippen LogP contribution in [0.5, 0.6) is 0 Å². The number of piperidine rings is 1. The minimum atomic E-state index is -0.853. The van der Waals surface area contributed by atoms with Crippen molar-refractivity contribution in [3.63, 3.8) is 0 Å². The number of rotatable bonds is 3. The molecule has 2 aliphatic rings. The summed E-state index contributed by atoms with van der Waals surface area (Å²) in [7, 11) is 0. The Morgan fingerprint density at radius 2 is 1.96 bits per heavy atom. The number of halogens is 2. The van der Waals surface area contributed by atoms with Crippen molar-refractivity contribution in [1.29, 1.82) is 0 Å². The summed E-state index contributed by atoms with van der Waals surface area (Å²) in [6.07, 6.45) is 2.81. The largest absolute Gasteiger partial charge is 0.338 e. The number of hydrogen-bond donors (Lipinski definition) is 0. The zero-order valence-corrected chi connectivity index (χ0v) is 13.8. The first-order valence-corrected chi connectivity index (χ1v) is 8.39. The molecule has 2 heterocycles. The molecule has 1 unspecified atom stereocenters. The minimum Gasteiger partial charge on any atom is -0.338 e. The number of nitrogens with zero attached hydrogens (tertiary/aromatic N) is 2. The molecule has 1 aromatic carbocycles. The fourth-order valence-electron chi connectivity index (χ4n) is 3.89. The molecule has 0 bridgehead atoms. The number of benzene rings is 1. The van der Waals surface area contributed by atoms with Gasteiger partial charge in [-0.15, -0.1) is 0 Å². The van der Waals surface area contributed by atoms with Crippen molar-refractivity contribution < 1.29 is 13.6 Å². The molecule has 1 spiro atoms. The summed E-state index contributed by atoms with van der Waals surface area (Å²) in [5, 5.41) is 0. The van der Waals surface area contributed by atoms with E-state index in [9.17, 15) is 13.6 Å². The predicted octanol–water partition coefficient (Wildman–Crippen LogP) is 3.19. The van der Waals surface area contributed by atoms with Crippen LogP contribution < -0.4 is 0 Å². The summed E-state index contributed by atoms with van der Waals surface area (Å²) in [5.41, 5.74) is 0.370. The van der Waals surface area contributed by atoms with Gasteiger partial charge in [0.1, 0.15) is 0 Å². The highest BCUT2D eigenvalue weighted by Crippen LogP contribution is 2.41. The first kappa shape index (κ1) is 16.4. The Bertz CT molecular complexity index is 605. The Kier molecular flexibility index (Phi) is 4.41. The lowest BCUT2D eigenvalue weighted by Gasteiger charge is -2.39. The molecular weight excluding hydrogens is 298 g/mol. The molecular formula is C18H24F2N2O. The molecule has 0 radical (unpaired) electrons. The highest BCUT2D eigenvalue weighted by atomic mass is 19.2. The fraction of sp³-hybridized carbons (Fsp3) is 0.611. The van der Waals surface area contributed by atoms with Crippen LogP contribution in [0, 0.1) is 17.0 Å². The first-order chi connectivity index (χ1) is 10.9. The molecule has 1 atom stereocenters. The van der Waals surface area contributed by atoms with Gasteiger partial charge in [-0.3, -0.25) is 9.69 Å². The zero-order valence-electron chi connectivity index (χ0n) is 13.8. The van der Waals surface area contributed by atoms with Crippen LogP contribution in [0.3, 0.4) is 0 Å². The third-order valence-electron chi connectivity index (χ3n) is 5.30. The molecule has 5 heteroatoms. The van der Waals surface area contributed by atoms with E-state index in [1.54, 1.807) is 6.07 Å². The maximum absolute atomic E-state index is 13.4. The average Bonchev–Trinajstić information content (AvgIpc) is 2.93. The van der Waals surface area contributed by atoms with Gasteiger partial charge in [0.15, 0.2) is 11.6 Å². The minimum absolute atomic E-state index is 0.177. The van der Waals surface area contributed by atoms with Crippen LogP contribution in [0.4, 0.5) is 8.78 Å². The van der Waals surface area contributed by atoms with E-state index in [2.05, 4.69) is 18.7 Å². The number of likely N-dealkylation sites (tertiary alicyclic amines) is 2. The van der Waals surface area contributed by atoms with Gasteiger partial charge >= 0.3 is 0 Å². The van der Waals surface area contributed by atoms with E-state index in [-0.39, 0.29) is 11.3 Å². The molecule has 0 saturated carbocycles. The second-order valence-electron chi connectivity index (χ2n) is 7.17. The van der Waals surface area contributed by atoms with Gasteiger partial charge in [0.05, 0.1) is 5.41 Å². The second-order valence-corrected chi connectivity index (χ2v) is 7.17. The molecule has 0 aromatic heterocycles. The van der Waals surface area contributed by atoms with Crippen LogP contribution in [-0.2, 0) is 11.3 Å². The predicted molar refractivity (Wildman–Crippen MR) is 84.8 cm³/mol. The quantitative estimate of drug-likeness (QED) is 0.853. The molecule has 0 N–H and O–H groups in total. The molecule has 0 aliphatic carbocycles.